The Labute approximate surface area is 164 Å². The third-order valence-corrected chi connectivity index (χ3v) is 4.94. The van der Waals surface area contributed by atoms with Gasteiger partial charge in [-0.15, -0.1) is 0 Å². The van der Waals surface area contributed by atoms with Gasteiger partial charge in [-0.05, 0) is 37.5 Å². The Morgan fingerprint density at radius 3 is 2.89 bits per heavy atom. The monoisotopic (exact) mass is 377 g/mol. The lowest BCUT2D eigenvalue weighted by molar-refractivity contribution is 0.0704. The SMILES string of the molecule is Cc1cccc(Oc2nccnc2[C@@H]2CCCN(C(=O)c3cnn(C)c3)C2)c1. The van der Waals surface area contributed by atoms with Crippen molar-refractivity contribution >= 4 is 5.91 Å². The van der Waals surface area contributed by atoms with Crippen LogP contribution in [0.25, 0.3) is 0 Å². The van der Waals surface area contributed by atoms with Crippen molar-refractivity contribution in [3.05, 3.63) is 65.9 Å². The highest BCUT2D eigenvalue weighted by Gasteiger charge is 2.29. The number of carbonyl (C=O) groups is 1. The van der Waals surface area contributed by atoms with E-state index in [0.29, 0.717) is 18.0 Å². The number of likely N-dealkylation sites (tertiary alicyclic amines) is 1. The molecule has 0 radical (unpaired) electrons. The average Bonchev–Trinajstić information content (AvgIpc) is 3.14. The molecule has 0 aliphatic carbocycles. The molecule has 1 aliphatic rings. The summed E-state index contributed by atoms with van der Waals surface area (Å²) in [6.07, 6.45) is 8.54. The number of benzene rings is 1. The van der Waals surface area contributed by atoms with Gasteiger partial charge in [0.25, 0.3) is 5.91 Å². The van der Waals surface area contributed by atoms with Crippen LogP contribution in [-0.2, 0) is 7.05 Å². The normalized spacial score (nSPS) is 16.8. The van der Waals surface area contributed by atoms with Gasteiger partial charge >= 0.3 is 0 Å². The number of aryl methyl sites for hydroxylation is 2. The number of hydrogen-bond donors (Lipinski definition) is 0. The quantitative estimate of drug-likeness (QED) is 0.697. The maximum Gasteiger partial charge on any atom is 0.257 e. The minimum Gasteiger partial charge on any atom is -0.437 e. The third-order valence-electron chi connectivity index (χ3n) is 4.94. The molecule has 4 rings (SSSR count). The van der Waals surface area contributed by atoms with Gasteiger partial charge in [0, 0.05) is 44.6 Å². The molecule has 2 aromatic heterocycles. The number of nitrogens with zero attached hydrogens (tertiary/aromatic N) is 5. The van der Waals surface area contributed by atoms with Crippen LogP contribution in [0.5, 0.6) is 11.6 Å². The van der Waals surface area contributed by atoms with E-state index in [0.717, 1.165) is 36.4 Å². The van der Waals surface area contributed by atoms with Gasteiger partial charge in [-0.1, -0.05) is 12.1 Å². The maximum absolute atomic E-state index is 12.8. The lowest BCUT2D eigenvalue weighted by atomic mass is 9.94. The standard InChI is InChI=1S/C21H23N5O2/c1-15-5-3-7-18(11-15)28-20-19(22-8-9-23-20)16-6-4-10-26(14-16)21(27)17-12-24-25(2)13-17/h3,5,7-9,11-13,16H,4,6,10,14H2,1-2H3/t16-/m1/s1. The second-order valence-electron chi connectivity index (χ2n) is 7.16. The maximum atomic E-state index is 12.8. The Bertz CT molecular complexity index is 984. The minimum absolute atomic E-state index is 0.00263. The van der Waals surface area contributed by atoms with Crippen LogP contribution >= 0.6 is 0 Å². The van der Waals surface area contributed by atoms with Crippen molar-refractivity contribution in [2.45, 2.75) is 25.7 Å². The molecule has 0 saturated carbocycles. The summed E-state index contributed by atoms with van der Waals surface area (Å²) in [6.45, 7) is 3.35. The first kappa shape index (κ1) is 18.2. The fourth-order valence-electron chi connectivity index (χ4n) is 3.58. The fraction of sp³-hybridized carbons (Fsp3) is 0.333. The van der Waals surface area contributed by atoms with Crippen LogP contribution in [0.2, 0.25) is 0 Å². The fourth-order valence-corrected chi connectivity index (χ4v) is 3.58. The van der Waals surface area contributed by atoms with E-state index in [4.69, 9.17) is 4.74 Å². The van der Waals surface area contributed by atoms with Crippen LogP contribution in [0.1, 0.15) is 40.4 Å². The van der Waals surface area contributed by atoms with Crippen molar-refractivity contribution in [3.8, 4) is 11.6 Å². The zero-order valence-corrected chi connectivity index (χ0v) is 16.1. The van der Waals surface area contributed by atoms with Gasteiger partial charge in [-0.2, -0.15) is 5.10 Å². The molecule has 7 nitrogen and oxygen atoms in total. The van der Waals surface area contributed by atoms with E-state index in [1.165, 1.54) is 0 Å². The average molecular weight is 377 g/mol. The number of ether oxygens (including phenoxy) is 1. The molecule has 28 heavy (non-hydrogen) atoms. The van der Waals surface area contributed by atoms with Gasteiger partial charge in [0.15, 0.2) is 0 Å². The van der Waals surface area contributed by atoms with Gasteiger partial charge in [0.1, 0.15) is 11.4 Å². The summed E-state index contributed by atoms with van der Waals surface area (Å²) >= 11 is 0. The van der Waals surface area contributed by atoms with E-state index in [2.05, 4.69) is 15.1 Å². The molecule has 0 unspecified atom stereocenters. The summed E-state index contributed by atoms with van der Waals surface area (Å²) in [4.78, 5) is 23.6. The zero-order valence-electron chi connectivity index (χ0n) is 16.1. The van der Waals surface area contributed by atoms with Gasteiger partial charge in [-0.3, -0.25) is 14.5 Å². The number of amides is 1. The van der Waals surface area contributed by atoms with Gasteiger partial charge in [-0.25, -0.2) is 4.98 Å². The van der Waals surface area contributed by atoms with Crippen LogP contribution in [0.15, 0.2) is 49.1 Å². The molecule has 1 aromatic carbocycles. The first-order valence-corrected chi connectivity index (χ1v) is 9.43. The summed E-state index contributed by atoms with van der Waals surface area (Å²) in [5.41, 5.74) is 2.53. The van der Waals surface area contributed by atoms with E-state index < -0.39 is 0 Å². The molecule has 1 saturated heterocycles. The third kappa shape index (κ3) is 3.88. The number of piperidine rings is 1. The van der Waals surface area contributed by atoms with Gasteiger partial charge in [0.05, 0.1) is 11.8 Å². The molecule has 1 amide bonds. The summed E-state index contributed by atoms with van der Waals surface area (Å²) in [5.74, 6) is 1.33. The minimum atomic E-state index is 0.00263. The molecule has 0 bridgehead atoms. The number of rotatable bonds is 4. The first-order valence-electron chi connectivity index (χ1n) is 9.43. The number of hydrogen-bond acceptors (Lipinski definition) is 5. The Hall–Kier alpha value is -3.22. The lowest BCUT2D eigenvalue weighted by Crippen LogP contribution is -2.39. The number of aromatic nitrogens is 4. The number of carbonyl (C=O) groups excluding carboxylic acids is 1. The molecular weight excluding hydrogens is 354 g/mol. The smallest absolute Gasteiger partial charge is 0.257 e. The second-order valence-corrected chi connectivity index (χ2v) is 7.16. The summed E-state index contributed by atoms with van der Waals surface area (Å²) in [6, 6.07) is 7.85. The molecule has 144 valence electrons. The molecule has 1 aliphatic heterocycles. The predicted molar refractivity (Wildman–Crippen MR) is 104 cm³/mol. The van der Waals surface area contributed by atoms with Crippen LogP contribution < -0.4 is 4.74 Å². The molecule has 1 atom stereocenters. The summed E-state index contributed by atoms with van der Waals surface area (Å²) < 4.78 is 7.68. The second kappa shape index (κ2) is 7.80. The van der Waals surface area contributed by atoms with Gasteiger partial charge < -0.3 is 9.64 Å². The molecular formula is C21H23N5O2. The van der Waals surface area contributed by atoms with Crippen molar-refractivity contribution in [2.24, 2.45) is 7.05 Å². The van der Waals surface area contributed by atoms with E-state index in [9.17, 15) is 4.79 Å². The van der Waals surface area contributed by atoms with Crippen molar-refractivity contribution in [1.29, 1.82) is 0 Å². The van der Waals surface area contributed by atoms with E-state index in [1.807, 2.05) is 43.1 Å². The zero-order chi connectivity index (χ0) is 19.5. The summed E-state index contributed by atoms with van der Waals surface area (Å²) in [7, 11) is 1.81. The van der Waals surface area contributed by atoms with E-state index in [1.54, 1.807) is 29.5 Å². The Balaban J connectivity index is 1.54. The molecule has 1 fully saturated rings. The van der Waals surface area contributed by atoms with Crippen LogP contribution in [0.4, 0.5) is 0 Å². The Morgan fingerprint density at radius 1 is 1.25 bits per heavy atom. The van der Waals surface area contributed by atoms with Crippen molar-refractivity contribution in [2.75, 3.05) is 13.1 Å². The van der Waals surface area contributed by atoms with E-state index in [-0.39, 0.29) is 11.8 Å². The Kier molecular flexibility index (Phi) is 5.06. The van der Waals surface area contributed by atoms with Crippen molar-refractivity contribution in [3.63, 3.8) is 0 Å². The van der Waals surface area contributed by atoms with Crippen molar-refractivity contribution in [1.82, 2.24) is 24.6 Å². The highest BCUT2D eigenvalue weighted by Crippen LogP contribution is 2.33. The Morgan fingerprint density at radius 2 is 2.11 bits per heavy atom. The van der Waals surface area contributed by atoms with Crippen LogP contribution in [0, 0.1) is 6.92 Å². The molecule has 0 N–H and O–H groups in total. The van der Waals surface area contributed by atoms with Crippen molar-refractivity contribution < 1.29 is 9.53 Å². The highest BCUT2D eigenvalue weighted by atomic mass is 16.5. The topological polar surface area (TPSA) is 73.1 Å². The largest absolute Gasteiger partial charge is 0.437 e. The van der Waals surface area contributed by atoms with Crippen LogP contribution in [-0.4, -0.2) is 43.6 Å². The highest BCUT2D eigenvalue weighted by molar-refractivity contribution is 5.93. The molecule has 7 heteroatoms. The van der Waals surface area contributed by atoms with Gasteiger partial charge in [0.2, 0.25) is 5.88 Å². The molecule has 3 aromatic rings. The predicted octanol–water partition coefficient (Wildman–Crippen LogP) is 3.33. The lowest BCUT2D eigenvalue weighted by Gasteiger charge is -2.32. The summed E-state index contributed by atoms with van der Waals surface area (Å²) in [5, 5.41) is 4.10. The van der Waals surface area contributed by atoms with Crippen LogP contribution in [0.3, 0.4) is 0 Å². The molecule has 0 spiro atoms. The first-order chi connectivity index (χ1) is 13.6. The molecule has 3 heterocycles. The van der Waals surface area contributed by atoms with E-state index >= 15 is 0 Å².